The summed E-state index contributed by atoms with van der Waals surface area (Å²) in [7, 11) is 0. The molecule has 0 fully saturated rings. The summed E-state index contributed by atoms with van der Waals surface area (Å²) in [5.41, 5.74) is 7.57. The van der Waals surface area contributed by atoms with Gasteiger partial charge in [0.25, 0.3) is 0 Å². The number of halogens is 2. The van der Waals surface area contributed by atoms with Crippen LogP contribution in [0.15, 0.2) is 36.7 Å². The number of aromatic nitrogens is 1. The zero-order valence-electron chi connectivity index (χ0n) is 11.3. The van der Waals surface area contributed by atoms with Crippen LogP contribution in [-0.2, 0) is 0 Å². The van der Waals surface area contributed by atoms with Crippen LogP contribution >= 0.6 is 11.6 Å². The molecule has 0 spiro atoms. The largest absolute Gasteiger partial charge is 0.489 e. The summed E-state index contributed by atoms with van der Waals surface area (Å²) in [5, 5.41) is 0.299. The van der Waals surface area contributed by atoms with Crippen LogP contribution in [0.1, 0.15) is 31.0 Å². The van der Waals surface area contributed by atoms with Crippen molar-refractivity contribution in [2.45, 2.75) is 26.0 Å². The van der Waals surface area contributed by atoms with Gasteiger partial charge in [0.1, 0.15) is 11.6 Å². The lowest BCUT2D eigenvalue weighted by atomic mass is 10.0. The molecule has 0 aliphatic carbocycles. The summed E-state index contributed by atoms with van der Waals surface area (Å²) in [6, 6.07) is 5.50. The third kappa shape index (κ3) is 3.46. The van der Waals surface area contributed by atoms with Crippen molar-refractivity contribution in [3.05, 3.63) is 58.6 Å². The number of nitrogens with two attached hydrogens (primary N) is 1. The molecule has 1 aromatic carbocycles. The molecule has 0 bridgehead atoms. The summed E-state index contributed by atoms with van der Waals surface area (Å²) in [5.74, 6) is 0.257. The fourth-order valence-electron chi connectivity index (χ4n) is 1.88. The number of hydrogen-bond donors (Lipinski definition) is 1. The molecule has 5 heteroatoms. The molecule has 1 aromatic heterocycles. The first-order chi connectivity index (χ1) is 9.47. The quantitative estimate of drug-likeness (QED) is 0.935. The Morgan fingerprint density at radius 3 is 2.65 bits per heavy atom. The minimum Gasteiger partial charge on any atom is -0.489 e. The van der Waals surface area contributed by atoms with E-state index in [1.54, 1.807) is 18.5 Å². The smallest absolute Gasteiger partial charge is 0.138 e. The van der Waals surface area contributed by atoms with Gasteiger partial charge in [-0.1, -0.05) is 17.7 Å². The fraction of sp³-hybridized carbons (Fsp3) is 0.267. The van der Waals surface area contributed by atoms with Gasteiger partial charge in [-0.3, -0.25) is 4.98 Å². The molecule has 0 amide bonds. The van der Waals surface area contributed by atoms with E-state index in [4.69, 9.17) is 22.1 Å². The van der Waals surface area contributed by atoms with Gasteiger partial charge in [-0.2, -0.15) is 0 Å². The van der Waals surface area contributed by atoms with Gasteiger partial charge in [-0.15, -0.1) is 0 Å². The van der Waals surface area contributed by atoms with E-state index in [9.17, 15) is 4.39 Å². The number of nitrogens with zero attached hydrogens (tertiary/aromatic N) is 1. The summed E-state index contributed by atoms with van der Waals surface area (Å²) < 4.78 is 18.6. The van der Waals surface area contributed by atoms with Crippen LogP contribution in [0, 0.1) is 5.82 Å². The Labute approximate surface area is 122 Å². The molecule has 1 unspecified atom stereocenters. The van der Waals surface area contributed by atoms with Gasteiger partial charge in [-0.05, 0) is 43.2 Å². The highest BCUT2D eigenvalue weighted by molar-refractivity contribution is 6.31. The molecular weight excluding hydrogens is 279 g/mol. The average molecular weight is 295 g/mol. The monoisotopic (exact) mass is 294 g/mol. The maximum absolute atomic E-state index is 13.1. The lowest BCUT2D eigenvalue weighted by Gasteiger charge is -2.16. The number of ether oxygens (including phenoxy) is 1. The van der Waals surface area contributed by atoms with Crippen molar-refractivity contribution < 1.29 is 9.13 Å². The van der Waals surface area contributed by atoms with Crippen molar-refractivity contribution in [1.29, 1.82) is 0 Å². The highest BCUT2D eigenvalue weighted by Gasteiger charge is 2.14. The summed E-state index contributed by atoms with van der Waals surface area (Å²) in [6.45, 7) is 3.87. The highest BCUT2D eigenvalue weighted by atomic mass is 35.5. The predicted molar refractivity (Wildman–Crippen MR) is 77.4 cm³/mol. The first kappa shape index (κ1) is 14.8. The molecule has 0 aliphatic heterocycles. The highest BCUT2D eigenvalue weighted by Crippen LogP contribution is 2.28. The summed E-state index contributed by atoms with van der Waals surface area (Å²) in [4.78, 5) is 4.11. The minimum atomic E-state index is -0.480. The third-order valence-corrected chi connectivity index (χ3v) is 3.09. The minimum absolute atomic E-state index is 0.0534. The first-order valence-electron chi connectivity index (χ1n) is 6.29. The second-order valence-corrected chi connectivity index (χ2v) is 5.17. The molecule has 3 nitrogen and oxygen atoms in total. The van der Waals surface area contributed by atoms with Crippen molar-refractivity contribution in [1.82, 2.24) is 4.98 Å². The standard InChI is InChI=1S/C15H16ClFN2O/c1-9(2)20-12-5-10(7-19-8-12)15(18)13-4-3-11(17)6-14(13)16/h3-9,15H,18H2,1-2H3. The molecule has 2 N–H and O–H groups in total. The van der Waals surface area contributed by atoms with Gasteiger partial charge in [0.15, 0.2) is 0 Å². The van der Waals surface area contributed by atoms with E-state index in [2.05, 4.69) is 4.98 Å². The average Bonchev–Trinajstić information content (AvgIpc) is 2.37. The molecular formula is C15H16ClFN2O. The second kappa shape index (κ2) is 6.20. The molecule has 1 atom stereocenters. The number of hydrogen-bond acceptors (Lipinski definition) is 3. The maximum Gasteiger partial charge on any atom is 0.138 e. The molecule has 106 valence electrons. The number of pyridine rings is 1. The molecule has 20 heavy (non-hydrogen) atoms. The third-order valence-electron chi connectivity index (χ3n) is 2.76. The van der Waals surface area contributed by atoms with Crippen molar-refractivity contribution in [2.24, 2.45) is 5.73 Å². The SMILES string of the molecule is CC(C)Oc1cncc(C(N)c2ccc(F)cc2Cl)c1. The predicted octanol–water partition coefficient (Wildman–Crippen LogP) is 3.71. The van der Waals surface area contributed by atoms with Crippen LogP contribution in [0.2, 0.25) is 5.02 Å². The van der Waals surface area contributed by atoms with Crippen LogP contribution in [0.4, 0.5) is 4.39 Å². The van der Waals surface area contributed by atoms with E-state index in [0.29, 0.717) is 16.3 Å². The Bertz CT molecular complexity index is 604. The molecule has 0 radical (unpaired) electrons. The Kier molecular flexibility index (Phi) is 4.57. The van der Waals surface area contributed by atoms with Gasteiger partial charge in [-0.25, -0.2) is 4.39 Å². The van der Waals surface area contributed by atoms with Crippen molar-refractivity contribution >= 4 is 11.6 Å². The van der Waals surface area contributed by atoms with Gasteiger partial charge < -0.3 is 10.5 Å². The molecule has 0 aliphatic rings. The van der Waals surface area contributed by atoms with Crippen LogP contribution in [-0.4, -0.2) is 11.1 Å². The van der Waals surface area contributed by atoms with E-state index in [1.165, 1.54) is 12.1 Å². The fourth-order valence-corrected chi connectivity index (χ4v) is 2.16. The zero-order valence-corrected chi connectivity index (χ0v) is 12.1. The first-order valence-corrected chi connectivity index (χ1v) is 6.67. The van der Waals surface area contributed by atoms with E-state index in [1.807, 2.05) is 19.9 Å². The summed E-state index contributed by atoms with van der Waals surface area (Å²) in [6.07, 6.45) is 3.33. The van der Waals surface area contributed by atoms with Crippen LogP contribution in [0.25, 0.3) is 0 Å². The van der Waals surface area contributed by atoms with Gasteiger partial charge >= 0.3 is 0 Å². The van der Waals surface area contributed by atoms with E-state index < -0.39 is 6.04 Å². The molecule has 2 aromatic rings. The Balaban J connectivity index is 2.30. The number of rotatable bonds is 4. The maximum atomic E-state index is 13.1. The lowest BCUT2D eigenvalue weighted by molar-refractivity contribution is 0.241. The molecule has 0 saturated heterocycles. The van der Waals surface area contributed by atoms with E-state index >= 15 is 0 Å². The van der Waals surface area contributed by atoms with Crippen LogP contribution in [0.3, 0.4) is 0 Å². The van der Waals surface area contributed by atoms with Crippen LogP contribution in [0.5, 0.6) is 5.75 Å². The second-order valence-electron chi connectivity index (χ2n) is 4.76. The molecule has 1 heterocycles. The van der Waals surface area contributed by atoms with Crippen molar-refractivity contribution in [2.75, 3.05) is 0 Å². The zero-order chi connectivity index (χ0) is 14.7. The van der Waals surface area contributed by atoms with Crippen molar-refractivity contribution in [3.63, 3.8) is 0 Å². The van der Waals surface area contributed by atoms with Gasteiger partial charge in [0.2, 0.25) is 0 Å². The van der Waals surface area contributed by atoms with E-state index in [-0.39, 0.29) is 11.9 Å². The van der Waals surface area contributed by atoms with Gasteiger partial charge in [0.05, 0.1) is 18.3 Å². The Morgan fingerprint density at radius 2 is 2.00 bits per heavy atom. The van der Waals surface area contributed by atoms with E-state index in [0.717, 1.165) is 5.56 Å². The van der Waals surface area contributed by atoms with Gasteiger partial charge in [0, 0.05) is 11.2 Å². The van der Waals surface area contributed by atoms with Crippen molar-refractivity contribution in [3.8, 4) is 5.75 Å². The number of benzene rings is 1. The lowest BCUT2D eigenvalue weighted by Crippen LogP contribution is -2.14. The summed E-state index contributed by atoms with van der Waals surface area (Å²) >= 11 is 6.03. The Hall–Kier alpha value is -1.65. The van der Waals surface area contributed by atoms with Crippen LogP contribution < -0.4 is 10.5 Å². The molecule has 2 rings (SSSR count). The Morgan fingerprint density at radius 1 is 1.25 bits per heavy atom. The normalized spacial score (nSPS) is 12.5. The topological polar surface area (TPSA) is 48.1 Å². The molecule has 0 saturated carbocycles.